The summed E-state index contributed by atoms with van der Waals surface area (Å²) in [7, 11) is 6.46. The Morgan fingerprint density at radius 2 is 1.94 bits per heavy atom. The van der Waals surface area contributed by atoms with Crippen LogP contribution < -0.4 is 5.30 Å². The van der Waals surface area contributed by atoms with Crippen LogP contribution >= 0.6 is 24.0 Å². The third kappa shape index (κ3) is 6.04. The maximum Gasteiger partial charge on any atom is 0 e. The Morgan fingerprint density at radius 1 is 1.38 bits per heavy atom. The first kappa shape index (κ1) is 17.7. The quantitative estimate of drug-likeness (QED) is 0.432. The van der Waals surface area contributed by atoms with E-state index in [1.54, 1.807) is 0 Å². The maximum atomic E-state index is 4.15. The smallest absolute Gasteiger partial charge is 0 e. The molecule has 1 radical (unpaired) electrons. The van der Waals surface area contributed by atoms with Crippen LogP contribution in [-0.4, -0.2) is 11.7 Å². The van der Waals surface area contributed by atoms with Crippen LogP contribution in [0.5, 0.6) is 0 Å². The largest absolute Gasteiger partial charge is 0.416 e. The van der Waals surface area contributed by atoms with E-state index in [9.17, 15) is 0 Å². The molecule has 1 rings (SSSR count). The number of hydrogen-bond acceptors (Lipinski definition) is 1. The molecule has 0 fully saturated rings. The predicted molar refractivity (Wildman–Crippen MR) is 81.2 cm³/mol. The Hall–Kier alpha value is 1.70. The summed E-state index contributed by atoms with van der Waals surface area (Å²) in [5.74, 6) is 0.519. The predicted octanol–water partition coefficient (Wildman–Crippen LogP) is 3.95. The topological polar surface area (TPSA) is 0 Å². The van der Waals surface area contributed by atoms with E-state index in [0.717, 1.165) is 8.58 Å². The van der Waals surface area contributed by atoms with Crippen molar-refractivity contribution in [2.75, 3.05) is 6.66 Å². The number of benzene rings is 1. The molecule has 3 unspecified atom stereocenters. The van der Waals surface area contributed by atoms with E-state index in [-0.39, 0.29) is 42.0 Å². The van der Waals surface area contributed by atoms with Gasteiger partial charge in [0.2, 0.25) is 0 Å². The number of hydrogen-bond donors (Lipinski definition) is 0. The van der Waals surface area contributed by atoms with Gasteiger partial charge in [0.25, 0.3) is 0 Å². The second kappa shape index (κ2) is 9.61. The summed E-state index contributed by atoms with van der Waals surface area (Å²) in [4.78, 5) is 0.698. The molecule has 1 aromatic carbocycles. The van der Waals surface area contributed by atoms with E-state index in [0.29, 0.717) is 10.9 Å². The zero-order valence-corrected chi connectivity index (χ0v) is 16.2. The molecule has 16 heavy (non-hydrogen) atoms. The summed E-state index contributed by atoms with van der Waals surface area (Å²) < 4.78 is 0. The fourth-order valence-corrected chi connectivity index (χ4v) is 9.95. The summed E-state index contributed by atoms with van der Waals surface area (Å²) in [5.41, 5.74) is 0. The Morgan fingerprint density at radius 3 is 2.38 bits per heavy atom. The molecule has 87 valence electrons. The number of rotatable bonds is 4. The normalized spacial score (nSPS) is 16.9. The summed E-state index contributed by atoms with van der Waals surface area (Å²) >= 11 is 0. The molecule has 0 saturated carbocycles. The molecule has 3 atom stereocenters. The van der Waals surface area contributed by atoms with Gasteiger partial charge >= 0.3 is 0 Å². The third-order valence-electron chi connectivity index (χ3n) is 2.00. The van der Waals surface area contributed by atoms with Crippen molar-refractivity contribution >= 4 is 38.5 Å². The van der Waals surface area contributed by atoms with Gasteiger partial charge in [-0.2, -0.15) is 5.92 Å². The molecule has 0 N–H and O–H groups in total. The van der Waals surface area contributed by atoms with E-state index in [2.05, 4.69) is 58.9 Å². The molecule has 0 aliphatic carbocycles. The van der Waals surface area contributed by atoms with E-state index in [1.165, 1.54) is 12.7 Å². The van der Waals surface area contributed by atoms with Crippen molar-refractivity contribution in [3.63, 3.8) is 0 Å². The second-order valence-corrected chi connectivity index (χ2v) is 11.0. The molecule has 1 aromatic rings. The molecule has 0 aliphatic rings. The van der Waals surface area contributed by atoms with Crippen molar-refractivity contribution in [3.05, 3.63) is 37.3 Å². The molecule has 0 saturated heterocycles. The Balaban J connectivity index is 0.00000225. The molecule has 0 amide bonds. The van der Waals surface area contributed by atoms with Gasteiger partial charge in [-0.15, -0.1) is 13.6 Å². The first-order valence-electron chi connectivity index (χ1n) is 4.86. The Labute approximate surface area is 132 Å². The SMILES string of the molecule is [CH2-]C(C)C(PC)[S-](=P)=Pc1ccccc1.[Y]. The maximum absolute atomic E-state index is 4.15. The molecule has 0 nitrogen and oxygen atoms in total. The summed E-state index contributed by atoms with van der Waals surface area (Å²) in [6.45, 7) is 8.63. The first-order valence-corrected chi connectivity index (χ1v) is 10.5. The van der Waals surface area contributed by atoms with Crippen molar-refractivity contribution < 1.29 is 32.7 Å². The first-order chi connectivity index (χ1) is 7.15. The Kier molecular flexibility index (Phi) is 10.6. The van der Waals surface area contributed by atoms with E-state index < -0.39 is 0 Å². The van der Waals surface area contributed by atoms with Gasteiger partial charge < -0.3 is 16.2 Å². The minimum absolute atomic E-state index is 0. The van der Waals surface area contributed by atoms with E-state index in [1.807, 2.05) is 0 Å². The molecule has 0 heterocycles. The molecule has 5 heteroatoms. The van der Waals surface area contributed by atoms with Gasteiger partial charge in [0.1, 0.15) is 0 Å². The minimum Gasteiger partial charge on any atom is -0.416 e. The average molecular weight is 363 g/mol. The average Bonchev–Trinajstić information content (AvgIpc) is 2.19. The van der Waals surface area contributed by atoms with Crippen LogP contribution in [0.4, 0.5) is 0 Å². The van der Waals surface area contributed by atoms with Crippen LogP contribution in [0.2, 0.25) is 0 Å². The fraction of sp³-hybridized carbons (Fsp3) is 0.364. The third-order valence-corrected chi connectivity index (χ3v) is 11.0. The van der Waals surface area contributed by atoms with Gasteiger partial charge in [-0.25, -0.2) is 7.36 Å². The summed E-state index contributed by atoms with van der Waals surface area (Å²) in [6, 6.07) is 10.6. The van der Waals surface area contributed by atoms with Crippen LogP contribution in [0, 0.1) is 12.8 Å². The van der Waals surface area contributed by atoms with Gasteiger partial charge in [-0.3, -0.25) is 8.02 Å². The molecular formula is C11H17P3SY-2. The van der Waals surface area contributed by atoms with Gasteiger partial charge in [-0.1, -0.05) is 37.3 Å². The van der Waals surface area contributed by atoms with Crippen LogP contribution in [-0.2, 0) is 42.0 Å². The van der Waals surface area contributed by atoms with Gasteiger partial charge in [0.05, 0.1) is 0 Å². The van der Waals surface area contributed by atoms with Crippen molar-refractivity contribution in [2.45, 2.75) is 11.9 Å². The van der Waals surface area contributed by atoms with E-state index in [4.69, 9.17) is 0 Å². The monoisotopic (exact) mass is 363 g/mol. The van der Waals surface area contributed by atoms with E-state index >= 15 is 0 Å². The zero-order valence-electron chi connectivity index (χ0n) is 9.68. The van der Waals surface area contributed by atoms with Crippen molar-refractivity contribution in [3.8, 4) is 0 Å². The van der Waals surface area contributed by atoms with Crippen LogP contribution in [0.15, 0.2) is 30.3 Å². The summed E-state index contributed by atoms with van der Waals surface area (Å²) in [5, 5.41) is 1.39. The van der Waals surface area contributed by atoms with Gasteiger partial charge in [0.15, 0.2) is 0 Å². The molecule has 0 aliphatic heterocycles. The van der Waals surface area contributed by atoms with Crippen molar-refractivity contribution in [1.82, 2.24) is 0 Å². The summed E-state index contributed by atoms with van der Waals surface area (Å²) in [6.07, 6.45) is 0. The molecule has 0 spiro atoms. The molecule has 0 aromatic heterocycles. The van der Waals surface area contributed by atoms with Gasteiger partial charge in [-0.05, 0) is 12.0 Å². The van der Waals surface area contributed by atoms with Gasteiger partial charge in [0, 0.05) is 32.7 Å². The second-order valence-electron chi connectivity index (χ2n) is 3.43. The fourth-order valence-electron chi connectivity index (χ4n) is 1.28. The van der Waals surface area contributed by atoms with Crippen LogP contribution in [0.3, 0.4) is 0 Å². The Bertz CT molecular complexity index is 372. The molecular weight excluding hydrogens is 346 g/mol. The molecule has 0 bridgehead atoms. The standard InChI is InChI=1S/C11H17P3S.Y/c1-9(2)11(13-3)15(12)14-10-7-5-4-6-8-10;/h4-9,11-13H,1H2,2-3H3;/q-2;. The van der Waals surface area contributed by atoms with Crippen LogP contribution in [0.1, 0.15) is 6.92 Å². The van der Waals surface area contributed by atoms with Crippen molar-refractivity contribution in [1.29, 1.82) is 0 Å². The van der Waals surface area contributed by atoms with Crippen molar-refractivity contribution in [2.24, 2.45) is 5.92 Å². The zero-order chi connectivity index (χ0) is 11.3. The minimum atomic E-state index is 0. The van der Waals surface area contributed by atoms with Crippen LogP contribution in [0.25, 0.3) is 0 Å².